The third kappa shape index (κ3) is 7.52. The number of nitrogens with one attached hydrogen (secondary N) is 1. The summed E-state index contributed by atoms with van der Waals surface area (Å²) in [6, 6.07) is 23.3. The SMILES string of the molecule is COc1cc(/C=N/NC(=O)c2ccc(COc3ccc(-n4c(C)ccc4C)cc3)o2)c(Br)c(Br)c1OCc1ccc(C(=O)O)cc1. The zero-order valence-electron chi connectivity index (χ0n) is 25.0. The normalized spacial score (nSPS) is 11.1. The number of methoxy groups -OCH3 is 1. The Morgan fingerprint density at radius 3 is 2.26 bits per heavy atom. The number of furan rings is 1. The van der Waals surface area contributed by atoms with Gasteiger partial charge in [0.25, 0.3) is 0 Å². The highest BCUT2D eigenvalue weighted by Crippen LogP contribution is 2.42. The second-order valence-corrected chi connectivity index (χ2v) is 11.7. The largest absolute Gasteiger partial charge is 0.493 e. The molecule has 5 rings (SSSR count). The smallest absolute Gasteiger partial charge is 0.335 e. The van der Waals surface area contributed by atoms with Crippen LogP contribution in [-0.4, -0.2) is 34.9 Å². The van der Waals surface area contributed by atoms with Crippen LogP contribution in [0.2, 0.25) is 0 Å². The van der Waals surface area contributed by atoms with Gasteiger partial charge in [-0.1, -0.05) is 12.1 Å². The maximum Gasteiger partial charge on any atom is 0.335 e. The molecule has 0 aliphatic rings. The van der Waals surface area contributed by atoms with Crippen LogP contribution < -0.4 is 19.6 Å². The van der Waals surface area contributed by atoms with E-state index in [1.165, 1.54) is 25.5 Å². The van der Waals surface area contributed by atoms with Crippen molar-refractivity contribution in [1.29, 1.82) is 0 Å². The maximum atomic E-state index is 12.7. The van der Waals surface area contributed by atoms with Crippen molar-refractivity contribution in [1.82, 2.24) is 9.99 Å². The molecule has 2 aromatic heterocycles. The molecule has 0 aliphatic heterocycles. The first-order valence-corrected chi connectivity index (χ1v) is 15.5. The number of carboxylic acid groups (broad SMARTS) is 1. The van der Waals surface area contributed by atoms with E-state index in [2.05, 4.69) is 72.9 Å². The summed E-state index contributed by atoms with van der Waals surface area (Å²) in [6.07, 6.45) is 1.46. The summed E-state index contributed by atoms with van der Waals surface area (Å²) < 4.78 is 26.4. The standard InChI is InChI=1S/C34H29Br2N3O7/c1-20-4-5-21(2)39(20)25-10-12-26(13-11-25)44-19-27-14-15-28(46-27)33(40)38-37-17-24-16-29(43-3)32(31(36)30(24)35)45-18-22-6-8-23(9-7-22)34(41)42/h4-17H,18-19H2,1-3H3,(H,38,40)(H,41,42)/b37-17+. The van der Waals surface area contributed by atoms with Crippen molar-refractivity contribution in [2.45, 2.75) is 27.1 Å². The molecule has 0 radical (unpaired) electrons. The number of aromatic nitrogens is 1. The molecule has 236 valence electrons. The first-order chi connectivity index (χ1) is 22.1. The number of aromatic carboxylic acids is 1. The van der Waals surface area contributed by atoms with E-state index in [4.69, 9.17) is 23.7 Å². The highest BCUT2D eigenvalue weighted by Gasteiger charge is 2.17. The maximum absolute atomic E-state index is 12.7. The predicted molar refractivity (Wildman–Crippen MR) is 179 cm³/mol. The van der Waals surface area contributed by atoms with E-state index < -0.39 is 11.9 Å². The van der Waals surface area contributed by atoms with Crippen molar-refractivity contribution in [2.75, 3.05) is 7.11 Å². The number of hydrogen-bond acceptors (Lipinski definition) is 7. The third-order valence-corrected chi connectivity index (χ3v) is 9.11. The van der Waals surface area contributed by atoms with Gasteiger partial charge >= 0.3 is 11.9 Å². The zero-order chi connectivity index (χ0) is 32.8. The van der Waals surface area contributed by atoms with Gasteiger partial charge in [-0.2, -0.15) is 5.10 Å². The Balaban J connectivity index is 1.17. The Labute approximate surface area is 281 Å². The molecular formula is C34H29Br2N3O7. The van der Waals surface area contributed by atoms with Crippen molar-refractivity contribution in [3.8, 4) is 22.9 Å². The van der Waals surface area contributed by atoms with Crippen LogP contribution in [0.4, 0.5) is 0 Å². The Morgan fingerprint density at radius 2 is 1.61 bits per heavy atom. The summed E-state index contributed by atoms with van der Waals surface area (Å²) in [7, 11) is 1.51. The number of hydrazone groups is 1. The van der Waals surface area contributed by atoms with E-state index >= 15 is 0 Å². The fourth-order valence-corrected chi connectivity index (χ4v) is 5.53. The summed E-state index contributed by atoms with van der Waals surface area (Å²) >= 11 is 7.06. The van der Waals surface area contributed by atoms with E-state index in [0.717, 1.165) is 22.6 Å². The summed E-state index contributed by atoms with van der Waals surface area (Å²) in [6.45, 7) is 4.46. The monoisotopic (exact) mass is 749 g/mol. The van der Waals surface area contributed by atoms with Gasteiger partial charge in [-0.15, -0.1) is 0 Å². The third-order valence-electron chi connectivity index (χ3n) is 6.96. The van der Waals surface area contributed by atoms with Crippen LogP contribution in [0.25, 0.3) is 5.69 Å². The van der Waals surface area contributed by atoms with E-state index in [9.17, 15) is 9.59 Å². The highest BCUT2D eigenvalue weighted by atomic mass is 79.9. The number of carboxylic acids is 1. The van der Waals surface area contributed by atoms with Crippen LogP contribution in [0.5, 0.6) is 17.2 Å². The number of halogens is 2. The predicted octanol–water partition coefficient (Wildman–Crippen LogP) is 7.84. The van der Waals surface area contributed by atoms with Crippen molar-refractivity contribution in [3.05, 3.63) is 127 Å². The van der Waals surface area contributed by atoms with Gasteiger partial charge in [0.1, 0.15) is 24.7 Å². The quantitative estimate of drug-likeness (QED) is 0.0984. The second-order valence-electron chi connectivity index (χ2n) is 10.1. The van der Waals surface area contributed by atoms with Crippen LogP contribution in [0, 0.1) is 13.8 Å². The second kappa shape index (κ2) is 14.5. The van der Waals surface area contributed by atoms with Gasteiger partial charge in [-0.05, 0) is 118 Å². The number of hydrogen-bond donors (Lipinski definition) is 2. The van der Waals surface area contributed by atoms with Crippen molar-refractivity contribution >= 4 is 50.0 Å². The average Bonchev–Trinajstić information content (AvgIpc) is 3.67. The Bertz CT molecular complexity index is 1880. The topological polar surface area (TPSA) is 125 Å². The molecule has 0 fully saturated rings. The van der Waals surface area contributed by atoms with Gasteiger partial charge in [-0.3, -0.25) is 4.79 Å². The number of carbonyl (C=O) groups is 2. The summed E-state index contributed by atoms with van der Waals surface area (Å²) in [5.74, 6) is 0.583. The fourth-order valence-electron chi connectivity index (χ4n) is 4.60. The fraction of sp³-hybridized carbons (Fsp3) is 0.147. The number of rotatable bonds is 12. The molecule has 1 amide bonds. The van der Waals surface area contributed by atoms with E-state index in [1.807, 2.05) is 24.3 Å². The van der Waals surface area contributed by atoms with Gasteiger partial charge < -0.3 is 28.3 Å². The van der Waals surface area contributed by atoms with Crippen LogP contribution in [0.1, 0.15) is 49.2 Å². The van der Waals surface area contributed by atoms with Crippen LogP contribution >= 0.6 is 31.9 Å². The number of aryl methyl sites for hydroxylation is 2. The van der Waals surface area contributed by atoms with Crippen LogP contribution in [0.3, 0.4) is 0 Å². The molecule has 0 saturated heterocycles. The van der Waals surface area contributed by atoms with E-state index in [0.29, 0.717) is 37.5 Å². The summed E-state index contributed by atoms with van der Waals surface area (Å²) in [5, 5.41) is 13.2. The minimum absolute atomic E-state index is 0.0858. The molecular weight excluding hydrogens is 722 g/mol. The minimum atomic E-state index is -0.996. The minimum Gasteiger partial charge on any atom is -0.493 e. The van der Waals surface area contributed by atoms with Crippen molar-refractivity contribution < 1.29 is 33.3 Å². The van der Waals surface area contributed by atoms with Crippen LogP contribution in [0.15, 0.2) is 97.3 Å². The molecule has 0 bridgehead atoms. The lowest BCUT2D eigenvalue weighted by Crippen LogP contribution is -2.16. The number of ether oxygens (including phenoxy) is 3. The number of nitrogens with zero attached hydrogens (tertiary/aromatic N) is 2. The lowest BCUT2D eigenvalue weighted by Gasteiger charge is -2.15. The molecule has 3 aromatic carbocycles. The first kappa shape index (κ1) is 32.6. The van der Waals surface area contributed by atoms with E-state index in [1.54, 1.807) is 30.3 Å². The van der Waals surface area contributed by atoms with Gasteiger partial charge in [0.15, 0.2) is 17.3 Å². The molecule has 12 heteroatoms. The lowest BCUT2D eigenvalue weighted by atomic mass is 10.1. The number of benzene rings is 3. The molecule has 0 saturated carbocycles. The molecule has 0 spiro atoms. The zero-order valence-corrected chi connectivity index (χ0v) is 28.2. The van der Waals surface area contributed by atoms with Gasteiger partial charge in [0.05, 0.1) is 23.4 Å². The average molecular weight is 751 g/mol. The first-order valence-electron chi connectivity index (χ1n) is 14.0. The van der Waals surface area contributed by atoms with Crippen molar-refractivity contribution in [3.63, 3.8) is 0 Å². The molecule has 2 heterocycles. The van der Waals surface area contributed by atoms with Gasteiger partial charge in [0.2, 0.25) is 0 Å². The van der Waals surface area contributed by atoms with Gasteiger partial charge in [-0.25, -0.2) is 10.2 Å². The van der Waals surface area contributed by atoms with Crippen molar-refractivity contribution in [2.24, 2.45) is 5.10 Å². The van der Waals surface area contributed by atoms with Crippen LogP contribution in [-0.2, 0) is 13.2 Å². The number of carbonyl (C=O) groups excluding carboxylic acids is 1. The number of amides is 1. The highest BCUT2D eigenvalue weighted by molar-refractivity contribution is 9.13. The molecule has 0 unspecified atom stereocenters. The molecule has 46 heavy (non-hydrogen) atoms. The summed E-state index contributed by atoms with van der Waals surface area (Å²) in [5.41, 5.74) is 7.40. The molecule has 2 N–H and O–H groups in total. The summed E-state index contributed by atoms with van der Waals surface area (Å²) in [4.78, 5) is 23.8. The molecule has 0 atom stereocenters. The lowest BCUT2D eigenvalue weighted by molar-refractivity contribution is 0.0696. The Morgan fingerprint density at radius 1 is 0.913 bits per heavy atom. The van der Waals surface area contributed by atoms with Gasteiger partial charge in [0, 0.05) is 27.1 Å². The van der Waals surface area contributed by atoms with E-state index in [-0.39, 0.29) is 24.5 Å². The molecule has 0 aliphatic carbocycles. The Hall–Kier alpha value is -4.81. The Kier molecular flexibility index (Phi) is 10.3. The molecule has 10 nitrogen and oxygen atoms in total. The molecule has 5 aromatic rings.